The van der Waals surface area contributed by atoms with Gasteiger partial charge in [0.25, 0.3) is 11.8 Å². The highest BCUT2D eigenvalue weighted by atomic mass is 32.2. The Hall–Kier alpha value is -3.13. The van der Waals surface area contributed by atoms with Crippen LogP contribution in [0.4, 0.5) is 36.3 Å². The number of anilines is 4. The van der Waals surface area contributed by atoms with Crippen molar-refractivity contribution in [3.05, 3.63) is 35.3 Å². The quantitative estimate of drug-likeness (QED) is 0.419. The van der Waals surface area contributed by atoms with E-state index in [9.17, 15) is 27.1 Å². The largest absolute Gasteiger partial charge is 0.395 e. The minimum absolute atomic E-state index is 0.00262. The molecule has 3 heterocycles. The van der Waals surface area contributed by atoms with Crippen molar-refractivity contribution in [2.75, 3.05) is 52.6 Å². The molecule has 3 N–H and O–H groups in total. The Bertz CT molecular complexity index is 1420. The number of hydrogen-bond donors (Lipinski definition) is 3. The molecular formula is C27H35F3N6O4S. The van der Waals surface area contributed by atoms with Crippen molar-refractivity contribution in [1.82, 2.24) is 9.97 Å². The first-order valence-electron chi connectivity index (χ1n) is 13.8. The Balaban J connectivity index is 1.43. The molecule has 3 fully saturated rings. The molecule has 1 saturated carbocycles. The molecule has 10 nitrogen and oxygen atoms in total. The van der Waals surface area contributed by atoms with Crippen molar-refractivity contribution in [3.8, 4) is 0 Å². The Morgan fingerprint density at radius 2 is 1.66 bits per heavy atom. The number of amides is 1. The van der Waals surface area contributed by atoms with Gasteiger partial charge >= 0.3 is 0 Å². The van der Waals surface area contributed by atoms with Gasteiger partial charge < -0.3 is 20.2 Å². The summed E-state index contributed by atoms with van der Waals surface area (Å²) in [5.74, 6) is -3.98. The first-order valence-corrected chi connectivity index (χ1v) is 15.4. The van der Waals surface area contributed by atoms with Gasteiger partial charge in [-0.05, 0) is 57.1 Å². The Morgan fingerprint density at radius 3 is 2.27 bits per heavy atom. The van der Waals surface area contributed by atoms with E-state index >= 15 is 4.39 Å². The van der Waals surface area contributed by atoms with Crippen LogP contribution < -0.4 is 19.8 Å². The predicted octanol–water partition coefficient (Wildman–Crippen LogP) is 3.91. The van der Waals surface area contributed by atoms with Gasteiger partial charge in [0.2, 0.25) is 16.0 Å². The minimum Gasteiger partial charge on any atom is -0.395 e. The lowest BCUT2D eigenvalue weighted by molar-refractivity contribution is -0.0222. The number of rotatable bonds is 8. The smallest absolute Gasteiger partial charge is 0.259 e. The second kappa shape index (κ2) is 10.9. The van der Waals surface area contributed by atoms with E-state index in [-0.39, 0.29) is 48.9 Å². The number of halogens is 3. The predicted molar refractivity (Wildman–Crippen MR) is 150 cm³/mol. The normalized spacial score (nSPS) is 20.5. The van der Waals surface area contributed by atoms with Crippen LogP contribution >= 0.6 is 0 Å². The molecule has 1 amide bonds. The molecular weight excluding hydrogens is 561 g/mol. The average molecular weight is 597 g/mol. The number of aliphatic hydroxyl groups is 1. The van der Waals surface area contributed by atoms with Gasteiger partial charge in [-0.2, -0.15) is 4.98 Å². The highest BCUT2D eigenvalue weighted by molar-refractivity contribution is 7.93. The topological polar surface area (TPSA) is 128 Å². The van der Waals surface area contributed by atoms with Gasteiger partial charge in [-0.25, -0.2) is 26.6 Å². The van der Waals surface area contributed by atoms with Gasteiger partial charge in [0.1, 0.15) is 16.9 Å². The molecule has 0 bridgehead atoms. The van der Waals surface area contributed by atoms with Crippen molar-refractivity contribution in [2.24, 2.45) is 5.41 Å². The van der Waals surface area contributed by atoms with E-state index in [4.69, 9.17) is 0 Å². The number of aromatic nitrogens is 2. The molecule has 224 valence electrons. The number of aryl methyl sites for hydroxylation is 1. The molecule has 2 saturated heterocycles. The van der Waals surface area contributed by atoms with Gasteiger partial charge in [-0.3, -0.25) is 9.52 Å². The molecule has 41 heavy (non-hydrogen) atoms. The number of carbonyl (C=O) groups is 1. The number of alkyl halides is 2. The summed E-state index contributed by atoms with van der Waals surface area (Å²) < 4.78 is 69.9. The van der Waals surface area contributed by atoms with Crippen LogP contribution in [0, 0.1) is 18.2 Å². The fourth-order valence-corrected chi connectivity index (χ4v) is 6.17. The van der Waals surface area contributed by atoms with E-state index in [0.29, 0.717) is 29.9 Å². The summed E-state index contributed by atoms with van der Waals surface area (Å²) in [6, 6.07) is 3.85. The number of hydrogen-bond acceptors (Lipinski definition) is 8. The second-order valence-corrected chi connectivity index (χ2v) is 13.6. The molecule has 5 rings (SSSR count). The van der Waals surface area contributed by atoms with Crippen molar-refractivity contribution in [3.63, 3.8) is 0 Å². The van der Waals surface area contributed by atoms with Crippen LogP contribution in [0.1, 0.15) is 61.5 Å². The highest BCUT2D eigenvalue weighted by Gasteiger charge is 2.45. The maximum Gasteiger partial charge on any atom is 0.259 e. The fourth-order valence-electron chi connectivity index (χ4n) is 5.31. The Labute approximate surface area is 237 Å². The first kappa shape index (κ1) is 29.4. The lowest BCUT2D eigenvalue weighted by Crippen LogP contribution is -2.40. The van der Waals surface area contributed by atoms with Crippen LogP contribution in [0.5, 0.6) is 0 Å². The molecule has 2 aliphatic heterocycles. The highest BCUT2D eigenvalue weighted by Crippen LogP contribution is 2.54. The van der Waals surface area contributed by atoms with Crippen molar-refractivity contribution in [2.45, 2.75) is 63.5 Å². The van der Waals surface area contributed by atoms with E-state index in [1.165, 1.54) is 19.1 Å². The zero-order chi connectivity index (χ0) is 29.6. The Morgan fingerprint density at radius 1 is 1.02 bits per heavy atom. The van der Waals surface area contributed by atoms with Crippen LogP contribution in [-0.4, -0.2) is 73.4 Å². The zero-order valence-corrected chi connectivity index (χ0v) is 23.9. The number of carbonyl (C=O) groups excluding carboxylic acids is 1. The Kier molecular flexibility index (Phi) is 7.83. The van der Waals surface area contributed by atoms with Gasteiger partial charge in [-0.1, -0.05) is 0 Å². The monoisotopic (exact) mass is 596 g/mol. The minimum atomic E-state index is -4.08. The molecule has 1 spiro atoms. The van der Waals surface area contributed by atoms with Crippen molar-refractivity contribution in [1.29, 1.82) is 0 Å². The number of nitrogens with zero attached hydrogens (tertiary/aromatic N) is 4. The second-order valence-electron chi connectivity index (χ2n) is 11.5. The third-order valence-electron chi connectivity index (χ3n) is 8.35. The zero-order valence-electron chi connectivity index (χ0n) is 23.1. The number of benzene rings is 1. The molecule has 1 aliphatic carbocycles. The maximum atomic E-state index is 15.3. The summed E-state index contributed by atoms with van der Waals surface area (Å²) in [5, 5.41) is 10.8. The molecule has 3 aliphatic rings. The molecule has 0 radical (unpaired) electrons. The van der Waals surface area contributed by atoms with Crippen LogP contribution in [0.25, 0.3) is 0 Å². The van der Waals surface area contributed by atoms with Crippen LogP contribution in [0.2, 0.25) is 0 Å². The first-order chi connectivity index (χ1) is 19.3. The summed E-state index contributed by atoms with van der Waals surface area (Å²) >= 11 is 0. The number of nitrogens with one attached hydrogen (secondary N) is 2. The molecule has 0 unspecified atom stereocenters. The molecule has 14 heteroatoms. The van der Waals surface area contributed by atoms with Crippen LogP contribution in [0.15, 0.2) is 18.2 Å². The van der Waals surface area contributed by atoms with E-state index in [0.717, 1.165) is 31.7 Å². The van der Waals surface area contributed by atoms with Gasteiger partial charge in [-0.15, -0.1) is 0 Å². The molecule has 2 aromatic rings. The molecule has 1 atom stereocenters. The van der Waals surface area contributed by atoms with E-state index < -0.39 is 39.5 Å². The average Bonchev–Trinajstić information content (AvgIpc) is 3.67. The lowest BCUT2D eigenvalue weighted by atomic mass is 9.93. The van der Waals surface area contributed by atoms with Crippen molar-refractivity contribution < 1.29 is 31.5 Å². The van der Waals surface area contributed by atoms with Crippen LogP contribution in [0.3, 0.4) is 0 Å². The number of aliphatic hydroxyl groups excluding tert-OH is 1. The van der Waals surface area contributed by atoms with Crippen LogP contribution in [-0.2, 0) is 10.0 Å². The SMILES string of the molecule is Cc1cc(NC(=O)c2cc(F)c(NS(=O)(=O)[C@@H](C)CO)cc2N2CCC3(CC2)CC3)nc(N2CCC(F)(F)CC2)n1. The standard InChI is InChI=1S/C27H35F3N6O4S/c1-17-13-23(33-25(31-17)36-11-7-27(29,30)8-12-36)32-24(38)19-14-20(28)21(34-41(39,40)18(2)16-37)15-22(19)35-9-5-26(3-4-26)6-10-35/h13-15,18,34,37H,3-12,16H2,1-2H3,(H,31,32,33,38)/t18-/m0/s1. The fraction of sp³-hybridized carbons (Fsp3) is 0.593. The number of sulfonamides is 1. The number of piperidine rings is 2. The molecule has 1 aromatic carbocycles. The van der Waals surface area contributed by atoms with Crippen molar-refractivity contribution >= 4 is 39.1 Å². The van der Waals surface area contributed by atoms with E-state index in [2.05, 4.69) is 20.0 Å². The van der Waals surface area contributed by atoms with Gasteiger partial charge in [0.05, 0.1) is 23.5 Å². The summed E-state index contributed by atoms with van der Waals surface area (Å²) in [6.45, 7) is 3.75. The summed E-state index contributed by atoms with van der Waals surface area (Å²) in [6.07, 6.45) is 3.50. The van der Waals surface area contributed by atoms with E-state index in [1.54, 1.807) is 11.8 Å². The summed E-state index contributed by atoms with van der Waals surface area (Å²) in [5.41, 5.74) is 0.904. The van der Waals surface area contributed by atoms with Gasteiger partial charge in [0.15, 0.2) is 0 Å². The summed E-state index contributed by atoms with van der Waals surface area (Å²) in [4.78, 5) is 25.9. The lowest BCUT2D eigenvalue weighted by Gasteiger charge is -2.35. The van der Waals surface area contributed by atoms with Gasteiger partial charge in [0, 0.05) is 50.8 Å². The third-order valence-corrected chi connectivity index (χ3v) is 10.1. The maximum absolute atomic E-state index is 15.3. The summed E-state index contributed by atoms with van der Waals surface area (Å²) in [7, 11) is -4.08. The van der Waals surface area contributed by atoms with E-state index in [1.807, 2.05) is 4.90 Å². The molecule has 1 aromatic heterocycles. The third kappa shape index (κ3) is 6.53.